The monoisotopic (exact) mass is 226 g/mol. The number of hydrogen-bond acceptors (Lipinski definition) is 4. The highest BCUT2D eigenvalue weighted by Crippen LogP contribution is 2.04. The molecule has 0 radical (unpaired) electrons. The van der Waals surface area contributed by atoms with Crippen molar-refractivity contribution in [3.05, 3.63) is 23.2 Å². The molecule has 15 heavy (non-hydrogen) atoms. The summed E-state index contributed by atoms with van der Waals surface area (Å²) in [7, 11) is 0. The van der Waals surface area contributed by atoms with Gasteiger partial charge in [-0.3, -0.25) is 0 Å². The highest BCUT2D eigenvalue weighted by atomic mass is 35.5. The molecule has 1 aliphatic rings. The predicted octanol–water partition coefficient (Wildman–Crippen LogP) is 0.972. The van der Waals surface area contributed by atoms with Crippen LogP contribution in [0.1, 0.15) is 18.5 Å². The van der Waals surface area contributed by atoms with E-state index in [1.807, 2.05) is 6.07 Å². The summed E-state index contributed by atoms with van der Waals surface area (Å²) in [5.74, 6) is 0. The standard InChI is InChI=1S/C10H15ClN4/c11-10-13-5-3-9(15-10)7-14-8-2-1-4-12-6-8/h3,5,8,12,14H,1-2,4,6-7H2/t8-/m1/s1. The lowest BCUT2D eigenvalue weighted by molar-refractivity contribution is 0.387. The third kappa shape index (κ3) is 3.41. The summed E-state index contributed by atoms with van der Waals surface area (Å²) >= 11 is 5.70. The van der Waals surface area contributed by atoms with Gasteiger partial charge in [-0.15, -0.1) is 0 Å². The van der Waals surface area contributed by atoms with Crippen molar-refractivity contribution in [2.75, 3.05) is 13.1 Å². The topological polar surface area (TPSA) is 49.8 Å². The van der Waals surface area contributed by atoms with Crippen LogP contribution in [0.3, 0.4) is 0 Å². The molecule has 1 aromatic rings. The lowest BCUT2D eigenvalue weighted by atomic mass is 10.1. The number of nitrogens with zero attached hydrogens (tertiary/aromatic N) is 2. The van der Waals surface area contributed by atoms with E-state index < -0.39 is 0 Å². The number of piperidine rings is 1. The molecule has 2 N–H and O–H groups in total. The molecular formula is C10H15ClN4. The van der Waals surface area contributed by atoms with E-state index in [-0.39, 0.29) is 0 Å². The Labute approximate surface area is 94.5 Å². The Morgan fingerprint density at radius 2 is 2.53 bits per heavy atom. The van der Waals surface area contributed by atoms with Crippen LogP contribution in [-0.2, 0) is 6.54 Å². The summed E-state index contributed by atoms with van der Waals surface area (Å²) in [6, 6.07) is 2.43. The summed E-state index contributed by atoms with van der Waals surface area (Å²) in [5, 5.41) is 7.13. The van der Waals surface area contributed by atoms with E-state index in [0.29, 0.717) is 11.3 Å². The second kappa shape index (κ2) is 5.39. The number of nitrogens with one attached hydrogen (secondary N) is 2. The van der Waals surface area contributed by atoms with Gasteiger partial charge < -0.3 is 10.6 Å². The van der Waals surface area contributed by atoms with E-state index in [0.717, 1.165) is 25.3 Å². The van der Waals surface area contributed by atoms with Gasteiger partial charge in [0, 0.05) is 25.3 Å². The molecule has 1 fully saturated rings. The molecule has 0 unspecified atom stereocenters. The minimum atomic E-state index is 0.316. The maximum Gasteiger partial charge on any atom is 0.222 e. The summed E-state index contributed by atoms with van der Waals surface area (Å²) in [4.78, 5) is 7.98. The zero-order valence-electron chi connectivity index (χ0n) is 8.54. The quantitative estimate of drug-likeness (QED) is 0.755. The van der Waals surface area contributed by atoms with Crippen LogP contribution in [0.25, 0.3) is 0 Å². The zero-order valence-corrected chi connectivity index (χ0v) is 9.30. The molecule has 1 saturated heterocycles. The van der Waals surface area contributed by atoms with Crippen molar-refractivity contribution in [2.24, 2.45) is 0 Å². The number of hydrogen-bond donors (Lipinski definition) is 2. The molecule has 1 aliphatic heterocycles. The number of aromatic nitrogens is 2. The van der Waals surface area contributed by atoms with Gasteiger partial charge in [-0.25, -0.2) is 9.97 Å². The highest BCUT2D eigenvalue weighted by molar-refractivity contribution is 6.28. The molecule has 0 saturated carbocycles. The number of rotatable bonds is 3. The van der Waals surface area contributed by atoms with Crippen LogP contribution in [-0.4, -0.2) is 29.1 Å². The minimum Gasteiger partial charge on any atom is -0.315 e. The summed E-state index contributed by atoms with van der Waals surface area (Å²) in [5.41, 5.74) is 0.945. The predicted molar refractivity (Wildman–Crippen MR) is 59.8 cm³/mol. The molecule has 0 aromatic carbocycles. The molecule has 0 spiro atoms. The van der Waals surface area contributed by atoms with Crippen LogP contribution in [0.5, 0.6) is 0 Å². The molecule has 4 nitrogen and oxygen atoms in total. The van der Waals surface area contributed by atoms with Crippen LogP contribution in [0.4, 0.5) is 0 Å². The minimum absolute atomic E-state index is 0.316. The Bertz CT molecular complexity index is 312. The second-order valence-corrected chi connectivity index (χ2v) is 4.08. The summed E-state index contributed by atoms with van der Waals surface area (Å²) in [6.45, 7) is 2.94. The first-order chi connectivity index (χ1) is 7.34. The molecule has 0 amide bonds. The third-order valence-corrected chi connectivity index (χ3v) is 2.73. The molecule has 0 aliphatic carbocycles. The van der Waals surface area contributed by atoms with Crippen molar-refractivity contribution in [1.82, 2.24) is 20.6 Å². The third-order valence-electron chi connectivity index (χ3n) is 2.55. The SMILES string of the molecule is Clc1nccc(CN[C@@H]2CCCNC2)n1. The van der Waals surface area contributed by atoms with Crippen molar-refractivity contribution in [2.45, 2.75) is 25.4 Å². The van der Waals surface area contributed by atoms with Crippen LogP contribution < -0.4 is 10.6 Å². The van der Waals surface area contributed by atoms with Crippen LogP contribution in [0.2, 0.25) is 5.28 Å². The fourth-order valence-electron chi connectivity index (χ4n) is 1.74. The molecule has 82 valence electrons. The van der Waals surface area contributed by atoms with Crippen LogP contribution in [0, 0.1) is 0 Å². The molecule has 1 aromatic heterocycles. The Morgan fingerprint density at radius 1 is 1.60 bits per heavy atom. The fourth-order valence-corrected chi connectivity index (χ4v) is 1.91. The maximum absolute atomic E-state index is 5.70. The van der Waals surface area contributed by atoms with E-state index in [1.54, 1.807) is 6.20 Å². The van der Waals surface area contributed by atoms with Gasteiger partial charge in [-0.05, 0) is 37.1 Å². The van der Waals surface area contributed by atoms with Gasteiger partial charge >= 0.3 is 0 Å². The Balaban J connectivity index is 1.81. The van der Waals surface area contributed by atoms with Crippen molar-refractivity contribution < 1.29 is 0 Å². The van der Waals surface area contributed by atoms with E-state index in [1.165, 1.54) is 12.8 Å². The largest absolute Gasteiger partial charge is 0.315 e. The smallest absolute Gasteiger partial charge is 0.222 e. The first-order valence-corrected chi connectivity index (χ1v) is 5.64. The molecule has 5 heteroatoms. The fraction of sp³-hybridized carbons (Fsp3) is 0.600. The Hall–Kier alpha value is -0.710. The van der Waals surface area contributed by atoms with E-state index >= 15 is 0 Å². The molecular weight excluding hydrogens is 212 g/mol. The Morgan fingerprint density at radius 3 is 3.27 bits per heavy atom. The molecule has 2 rings (SSSR count). The van der Waals surface area contributed by atoms with Crippen molar-refractivity contribution in [3.8, 4) is 0 Å². The Kier molecular flexibility index (Phi) is 3.88. The molecule has 2 heterocycles. The van der Waals surface area contributed by atoms with Gasteiger partial charge in [0.25, 0.3) is 0 Å². The first kappa shape index (κ1) is 10.8. The van der Waals surface area contributed by atoms with Crippen molar-refractivity contribution in [3.63, 3.8) is 0 Å². The van der Waals surface area contributed by atoms with Crippen molar-refractivity contribution in [1.29, 1.82) is 0 Å². The highest BCUT2D eigenvalue weighted by Gasteiger charge is 2.11. The lowest BCUT2D eigenvalue weighted by Crippen LogP contribution is -2.42. The average Bonchev–Trinajstić information content (AvgIpc) is 2.28. The summed E-state index contributed by atoms with van der Waals surface area (Å²) in [6.07, 6.45) is 4.15. The van der Waals surface area contributed by atoms with Gasteiger partial charge in [0.15, 0.2) is 0 Å². The van der Waals surface area contributed by atoms with Gasteiger partial charge in [0.05, 0.1) is 5.69 Å². The van der Waals surface area contributed by atoms with Crippen LogP contribution >= 0.6 is 11.6 Å². The van der Waals surface area contributed by atoms with Gasteiger partial charge in [0.1, 0.15) is 0 Å². The van der Waals surface area contributed by atoms with Gasteiger partial charge in [-0.1, -0.05) is 0 Å². The lowest BCUT2D eigenvalue weighted by Gasteiger charge is -2.23. The average molecular weight is 227 g/mol. The van der Waals surface area contributed by atoms with Crippen molar-refractivity contribution >= 4 is 11.6 Å². The first-order valence-electron chi connectivity index (χ1n) is 5.26. The molecule has 0 bridgehead atoms. The summed E-state index contributed by atoms with van der Waals surface area (Å²) < 4.78 is 0. The van der Waals surface area contributed by atoms with Crippen LogP contribution in [0.15, 0.2) is 12.3 Å². The van der Waals surface area contributed by atoms with E-state index in [9.17, 15) is 0 Å². The van der Waals surface area contributed by atoms with E-state index in [4.69, 9.17) is 11.6 Å². The second-order valence-electron chi connectivity index (χ2n) is 3.74. The molecule has 1 atom stereocenters. The normalized spacial score (nSPS) is 21.5. The number of halogens is 1. The van der Waals surface area contributed by atoms with Gasteiger partial charge in [0.2, 0.25) is 5.28 Å². The maximum atomic E-state index is 5.70. The van der Waals surface area contributed by atoms with E-state index in [2.05, 4.69) is 20.6 Å². The van der Waals surface area contributed by atoms with Gasteiger partial charge in [-0.2, -0.15) is 0 Å². The zero-order chi connectivity index (χ0) is 10.5.